The molecule has 1 aliphatic heterocycles. The molecule has 144 valence electrons. The van der Waals surface area contributed by atoms with Crippen molar-refractivity contribution in [2.75, 3.05) is 26.2 Å². The molecule has 3 heterocycles. The summed E-state index contributed by atoms with van der Waals surface area (Å²) in [6.45, 7) is 4.35. The van der Waals surface area contributed by atoms with E-state index in [1.165, 1.54) is 16.9 Å². The first kappa shape index (κ1) is 18.6. The second-order valence-corrected chi connectivity index (χ2v) is 7.41. The smallest absolute Gasteiger partial charge is 0.257 e. The van der Waals surface area contributed by atoms with Gasteiger partial charge in [0.15, 0.2) is 0 Å². The second kappa shape index (κ2) is 8.95. The summed E-state index contributed by atoms with van der Waals surface area (Å²) in [5.41, 5.74) is 4.46. The van der Waals surface area contributed by atoms with Crippen molar-refractivity contribution in [3.05, 3.63) is 76.5 Å². The third kappa shape index (κ3) is 4.55. The first-order valence-electron chi connectivity index (χ1n) is 9.29. The summed E-state index contributed by atoms with van der Waals surface area (Å²) in [6.07, 6.45) is 3.68. The highest BCUT2D eigenvalue weighted by Crippen LogP contribution is 2.22. The first-order valence-corrected chi connectivity index (χ1v) is 10.2. The molecule has 7 heteroatoms. The zero-order chi connectivity index (χ0) is 19.2. The van der Waals surface area contributed by atoms with Gasteiger partial charge in [-0.3, -0.25) is 14.7 Å². The molecular weight excluding hydrogens is 372 g/mol. The molecule has 1 fully saturated rings. The fourth-order valence-electron chi connectivity index (χ4n) is 3.26. The molecule has 0 radical (unpaired) electrons. The van der Waals surface area contributed by atoms with Gasteiger partial charge in [0.05, 0.1) is 16.8 Å². The number of carbonyl (C=O) groups is 1. The largest absolute Gasteiger partial charge is 0.486 e. The van der Waals surface area contributed by atoms with Crippen LogP contribution in [0.3, 0.4) is 0 Å². The molecule has 0 atom stereocenters. The number of benzene rings is 1. The number of carbonyl (C=O) groups excluding carboxylic acids is 1. The molecular formula is C21H22N4O2S. The molecule has 0 bridgehead atoms. The molecule has 0 unspecified atom stereocenters. The van der Waals surface area contributed by atoms with Crippen LogP contribution in [0, 0.1) is 0 Å². The number of amides is 1. The maximum Gasteiger partial charge on any atom is 0.257 e. The Morgan fingerprint density at radius 3 is 2.71 bits per heavy atom. The van der Waals surface area contributed by atoms with E-state index in [1.54, 1.807) is 11.7 Å². The minimum absolute atomic E-state index is 0.0231. The van der Waals surface area contributed by atoms with Crippen molar-refractivity contribution in [2.24, 2.45) is 0 Å². The lowest BCUT2D eigenvalue weighted by molar-refractivity contribution is 0.0623. The van der Waals surface area contributed by atoms with Gasteiger partial charge in [-0.2, -0.15) is 0 Å². The number of rotatable bonds is 6. The van der Waals surface area contributed by atoms with Crippen molar-refractivity contribution in [1.82, 2.24) is 19.8 Å². The predicted molar refractivity (Wildman–Crippen MR) is 108 cm³/mol. The van der Waals surface area contributed by atoms with Gasteiger partial charge >= 0.3 is 0 Å². The lowest BCUT2D eigenvalue weighted by Gasteiger charge is -2.35. The van der Waals surface area contributed by atoms with E-state index in [0.717, 1.165) is 25.3 Å². The van der Waals surface area contributed by atoms with Gasteiger partial charge in [-0.15, -0.1) is 11.3 Å². The Labute approximate surface area is 168 Å². The Morgan fingerprint density at radius 2 is 1.96 bits per heavy atom. The van der Waals surface area contributed by atoms with E-state index < -0.39 is 0 Å². The van der Waals surface area contributed by atoms with Gasteiger partial charge in [-0.05, 0) is 23.8 Å². The lowest BCUT2D eigenvalue weighted by atomic mass is 10.1. The van der Waals surface area contributed by atoms with Gasteiger partial charge in [-0.25, -0.2) is 4.98 Å². The van der Waals surface area contributed by atoms with E-state index in [2.05, 4.69) is 20.9 Å². The number of aromatic nitrogens is 2. The fourth-order valence-corrected chi connectivity index (χ4v) is 3.80. The highest BCUT2D eigenvalue weighted by Gasteiger charge is 2.24. The highest BCUT2D eigenvalue weighted by atomic mass is 32.1. The molecule has 1 saturated heterocycles. The summed E-state index contributed by atoms with van der Waals surface area (Å²) in [6, 6.07) is 11.5. The van der Waals surface area contributed by atoms with Crippen LogP contribution in [0.5, 0.6) is 5.75 Å². The number of para-hydroxylation sites is 1. The summed E-state index contributed by atoms with van der Waals surface area (Å²) >= 11 is 1.53. The number of hydrogen-bond acceptors (Lipinski definition) is 6. The Bertz CT molecular complexity index is 894. The molecule has 28 heavy (non-hydrogen) atoms. The molecule has 4 rings (SSSR count). The Hall–Kier alpha value is -2.77. The maximum atomic E-state index is 13.1. The topological polar surface area (TPSA) is 58.6 Å². The SMILES string of the molecule is O=C(c1ccccc1OCc1cscn1)N1CCN(Cc2cccnc2)CC1. The number of pyridine rings is 1. The summed E-state index contributed by atoms with van der Waals surface area (Å²) in [5.74, 6) is 0.633. The van der Waals surface area contributed by atoms with Crippen molar-refractivity contribution in [1.29, 1.82) is 0 Å². The monoisotopic (exact) mass is 394 g/mol. The Kier molecular flexibility index (Phi) is 5.94. The third-order valence-corrected chi connectivity index (χ3v) is 5.40. The van der Waals surface area contributed by atoms with Crippen LogP contribution in [0.15, 0.2) is 59.7 Å². The van der Waals surface area contributed by atoms with Crippen molar-refractivity contribution >= 4 is 17.2 Å². The normalized spacial score (nSPS) is 14.8. The first-order chi connectivity index (χ1) is 13.8. The molecule has 0 aliphatic carbocycles. The minimum Gasteiger partial charge on any atom is -0.486 e. The van der Waals surface area contributed by atoms with Crippen LogP contribution in [0.2, 0.25) is 0 Å². The van der Waals surface area contributed by atoms with Gasteiger partial charge in [-0.1, -0.05) is 18.2 Å². The average Bonchev–Trinajstić information content (AvgIpc) is 3.27. The molecule has 0 saturated carbocycles. The molecule has 1 aromatic carbocycles. The van der Waals surface area contributed by atoms with Crippen molar-refractivity contribution in [2.45, 2.75) is 13.2 Å². The molecule has 6 nitrogen and oxygen atoms in total. The Balaban J connectivity index is 1.36. The summed E-state index contributed by atoms with van der Waals surface area (Å²) in [7, 11) is 0. The third-order valence-electron chi connectivity index (χ3n) is 4.76. The summed E-state index contributed by atoms with van der Waals surface area (Å²) < 4.78 is 5.87. The van der Waals surface area contributed by atoms with Crippen molar-refractivity contribution in [3.8, 4) is 5.75 Å². The molecule has 0 N–H and O–H groups in total. The number of hydrogen-bond donors (Lipinski definition) is 0. The number of ether oxygens (including phenoxy) is 1. The molecule has 2 aromatic heterocycles. The van der Waals surface area contributed by atoms with Crippen LogP contribution >= 0.6 is 11.3 Å². The Morgan fingerprint density at radius 1 is 1.11 bits per heavy atom. The van der Waals surface area contributed by atoms with Crippen LogP contribution in [0.1, 0.15) is 21.6 Å². The fraction of sp³-hybridized carbons (Fsp3) is 0.286. The molecule has 1 aliphatic rings. The van der Waals surface area contributed by atoms with Crippen LogP contribution in [0.25, 0.3) is 0 Å². The van der Waals surface area contributed by atoms with E-state index in [0.29, 0.717) is 31.0 Å². The predicted octanol–water partition coefficient (Wildman–Crippen LogP) is 3.08. The molecule has 0 spiro atoms. The van der Waals surface area contributed by atoms with Crippen molar-refractivity contribution in [3.63, 3.8) is 0 Å². The number of thiazole rings is 1. The average molecular weight is 395 g/mol. The van der Waals surface area contributed by atoms with Gasteiger partial charge < -0.3 is 9.64 Å². The van der Waals surface area contributed by atoms with Gasteiger partial charge in [0, 0.05) is 50.5 Å². The molecule has 1 amide bonds. The van der Waals surface area contributed by atoms with Crippen LogP contribution in [-0.2, 0) is 13.2 Å². The quantitative estimate of drug-likeness (QED) is 0.643. The zero-order valence-electron chi connectivity index (χ0n) is 15.5. The maximum absolute atomic E-state index is 13.1. The zero-order valence-corrected chi connectivity index (χ0v) is 16.3. The number of piperazine rings is 1. The van der Waals surface area contributed by atoms with E-state index >= 15 is 0 Å². The minimum atomic E-state index is 0.0231. The number of nitrogens with zero attached hydrogens (tertiary/aromatic N) is 4. The van der Waals surface area contributed by atoms with Gasteiger partial charge in [0.2, 0.25) is 0 Å². The van der Waals surface area contributed by atoms with Crippen LogP contribution in [-0.4, -0.2) is 51.9 Å². The summed E-state index contributed by atoms with van der Waals surface area (Å²) in [5, 5.41) is 1.95. The standard InChI is InChI=1S/C21H22N4O2S/c26-21(19-5-1-2-6-20(19)27-14-18-15-28-16-23-18)25-10-8-24(9-11-25)13-17-4-3-7-22-12-17/h1-7,12,15-16H,8-11,13-14H2. The van der Waals surface area contributed by atoms with E-state index in [9.17, 15) is 4.79 Å². The highest BCUT2D eigenvalue weighted by molar-refractivity contribution is 7.07. The van der Waals surface area contributed by atoms with Crippen molar-refractivity contribution < 1.29 is 9.53 Å². The van der Waals surface area contributed by atoms with E-state index in [1.807, 2.05) is 46.8 Å². The second-order valence-electron chi connectivity index (χ2n) is 6.69. The summed E-state index contributed by atoms with van der Waals surface area (Å²) in [4.78, 5) is 25.7. The molecule has 3 aromatic rings. The van der Waals surface area contributed by atoms with E-state index in [-0.39, 0.29) is 5.91 Å². The van der Waals surface area contributed by atoms with Gasteiger partial charge in [0.25, 0.3) is 5.91 Å². The van der Waals surface area contributed by atoms with Gasteiger partial charge in [0.1, 0.15) is 12.4 Å². The van der Waals surface area contributed by atoms with Crippen LogP contribution in [0.4, 0.5) is 0 Å². The van der Waals surface area contributed by atoms with E-state index in [4.69, 9.17) is 4.74 Å². The van der Waals surface area contributed by atoms with Crippen LogP contribution < -0.4 is 4.74 Å². The lowest BCUT2D eigenvalue weighted by Crippen LogP contribution is -2.48.